The van der Waals surface area contributed by atoms with E-state index in [0.717, 1.165) is 23.7 Å². The predicted molar refractivity (Wildman–Crippen MR) is 92.5 cm³/mol. The number of carbonyl (C=O) groups excluding carboxylic acids is 1. The molecule has 124 valence electrons. The maximum Gasteiger partial charge on any atom is 0.272 e. The van der Waals surface area contributed by atoms with Crippen LogP contribution in [-0.4, -0.2) is 47.2 Å². The molecule has 5 nitrogen and oxygen atoms in total. The molecule has 0 saturated heterocycles. The minimum absolute atomic E-state index is 0.0677. The number of amides is 1. The molecule has 0 bridgehead atoms. The maximum atomic E-state index is 12.6. The van der Waals surface area contributed by atoms with E-state index in [4.69, 9.17) is 0 Å². The zero-order chi connectivity index (χ0) is 16.3. The second-order valence-corrected chi connectivity index (χ2v) is 6.83. The number of aromatic nitrogens is 2. The van der Waals surface area contributed by atoms with E-state index in [-0.39, 0.29) is 11.4 Å². The highest BCUT2D eigenvalue weighted by Crippen LogP contribution is 2.30. The largest absolute Gasteiger partial charge is 0.349 e. The molecule has 1 aromatic carbocycles. The van der Waals surface area contributed by atoms with Gasteiger partial charge in [0.1, 0.15) is 0 Å². The van der Waals surface area contributed by atoms with E-state index in [0.29, 0.717) is 12.2 Å². The molecule has 1 aromatic heterocycles. The molecule has 0 spiro atoms. The Balaban J connectivity index is 1.74. The second kappa shape index (κ2) is 6.71. The van der Waals surface area contributed by atoms with Gasteiger partial charge < -0.3 is 10.2 Å². The van der Waals surface area contributed by atoms with Crippen molar-refractivity contribution >= 4 is 16.8 Å². The van der Waals surface area contributed by atoms with Crippen LogP contribution in [0.4, 0.5) is 0 Å². The van der Waals surface area contributed by atoms with E-state index in [9.17, 15) is 4.79 Å². The van der Waals surface area contributed by atoms with Crippen molar-refractivity contribution < 1.29 is 4.79 Å². The summed E-state index contributed by atoms with van der Waals surface area (Å²) in [6, 6.07) is 7.74. The van der Waals surface area contributed by atoms with Crippen LogP contribution in [0.2, 0.25) is 0 Å². The summed E-state index contributed by atoms with van der Waals surface area (Å²) in [5.41, 5.74) is 1.45. The van der Waals surface area contributed by atoms with Crippen molar-refractivity contribution in [3.05, 3.63) is 30.0 Å². The molecule has 0 atom stereocenters. The van der Waals surface area contributed by atoms with Crippen molar-refractivity contribution in [1.82, 2.24) is 20.4 Å². The summed E-state index contributed by atoms with van der Waals surface area (Å²) in [6.07, 6.45) is 7.35. The van der Waals surface area contributed by atoms with Crippen molar-refractivity contribution in [2.75, 3.05) is 20.6 Å². The number of H-pyrrole nitrogens is 1. The Bertz CT molecular complexity index is 668. The molecule has 5 heteroatoms. The lowest BCUT2D eigenvalue weighted by atomic mass is 9.88. The van der Waals surface area contributed by atoms with E-state index >= 15 is 0 Å². The Morgan fingerprint density at radius 2 is 1.91 bits per heavy atom. The topological polar surface area (TPSA) is 61.0 Å². The number of nitrogens with one attached hydrogen (secondary N) is 2. The number of hydrogen-bond acceptors (Lipinski definition) is 3. The first-order valence-electron chi connectivity index (χ1n) is 8.51. The molecule has 1 heterocycles. The van der Waals surface area contributed by atoms with Gasteiger partial charge in [-0.05, 0) is 33.0 Å². The van der Waals surface area contributed by atoms with E-state index in [1.807, 2.05) is 24.3 Å². The molecule has 0 radical (unpaired) electrons. The first kappa shape index (κ1) is 16.0. The minimum atomic E-state index is -0.0899. The van der Waals surface area contributed by atoms with Crippen LogP contribution in [0, 0.1) is 0 Å². The summed E-state index contributed by atoms with van der Waals surface area (Å²) < 4.78 is 0. The molecule has 2 N–H and O–H groups in total. The number of rotatable bonds is 4. The summed E-state index contributed by atoms with van der Waals surface area (Å²) in [4.78, 5) is 14.9. The molecular weight excluding hydrogens is 288 g/mol. The van der Waals surface area contributed by atoms with Gasteiger partial charge in [-0.15, -0.1) is 0 Å². The number of aromatic amines is 1. The van der Waals surface area contributed by atoms with E-state index in [1.165, 1.54) is 25.7 Å². The van der Waals surface area contributed by atoms with E-state index in [2.05, 4.69) is 34.5 Å². The van der Waals surface area contributed by atoms with Gasteiger partial charge in [0.2, 0.25) is 0 Å². The van der Waals surface area contributed by atoms with E-state index < -0.39 is 0 Å². The van der Waals surface area contributed by atoms with Gasteiger partial charge in [0, 0.05) is 17.5 Å². The van der Waals surface area contributed by atoms with Crippen molar-refractivity contribution in [2.45, 2.75) is 44.1 Å². The summed E-state index contributed by atoms with van der Waals surface area (Å²) in [6.45, 7) is 0.681. The predicted octanol–water partition coefficient (Wildman–Crippen LogP) is 2.95. The van der Waals surface area contributed by atoms with Crippen molar-refractivity contribution in [3.8, 4) is 0 Å². The molecular formula is C18H26N4O. The highest BCUT2D eigenvalue weighted by Gasteiger charge is 2.33. The number of hydrogen-bond donors (Lipinski definition) is 2. The summed E-state index contributed by atoms with van der Waals surface area (Å²) in [7, 11) is 4.25. The standard InChI is InChI=1S/C18H26N4O/c1-22(2)18(11-7-3-4-8-12-18)13-19-17(23)16-14-9-5-6-10-15(14)20-21-16/h5-6,9-10H,3-4,7-8,11-13H2,1-2H3,(H,19,23)(H,20,21). The Hall–Kier alpha value is -1.88. The van der Waals surface area contributed by atoms with Crippen LogP contribution >= 0.6 is 0 Å². The fraction of sp³-hybridized carbons (Fsp3) is 0.556. The van der Waals surface area contributed by atoms with Gasteiger partial charge in [0.15, 0.2) is 5.69 Å². The number of benzene rings is 1. The number of para-hydroxylation sites is 1. The minimum Gasteiger partial charge on any atom is -0.349 e. The van der Waals surface area contributed by atoms with Crippen LogP contribution in [0.15, 0.2) is 24.3 Å². The lowest BCUT2D eigenvalue weighted by Gasteiger charge is -2.39. The Kier molecular flexibility index (Phi) is 4.66. The van der Waals surface area contributed by atoms with E-state index in [1.54, 1.807) is 0 Å². The van der Waals surface area contributed by atoms with Crippen molar-refractivity contribution in [3.63, 3.8) is 0 Å². The molecule has 1 aliphatic carbocycles. The molecule has 0 aliphatic heterocycles. The molecule has 1 aliphatic rings. The number of carbonyl (C=O) groups is 1. The summed E-state index contributed by atoms with van der Waals surface area (Å²) in [5.74, 6) is -0.0899. The van der Waals surface area contributed by atoms with Crippen LogP contribution in [0.1, 0.15) is 49.0 Å². The smallest absolute Gasteiger partial charge is 0.272 e. The zero-order valence-electron chi connectivity index (χ0n) is 14.1. The lowest BCUT2D eigenvalue weighted by molar-refractivity contribution is 0.0866. The Labute approximate surface area is 137 Å². The molecule has 23 heavy (non-hydrogen) atoms. The fourth-order valence-corrected chi connectivity index (χ4v) is 3.63. The average Bonchev–Trinajstić information content (AvgIpc) is 2.83. The van der Waals surface area contributed by atoms with Crippen molar-refractivity contribution in [2.24, 2.45) is 0 Å². The first-order chi connectivity index (χ1) is 11.1. The lowest BCUT2D eigenvalue weighted by Crippen LogP contribution is -2.52. The molecule has 1 amide bonds. The zero-order valence-corrected chi connectivity index (χ0v) is 14.1. The van der Waals surface area contributed by atoms with Crippen LogP contribution in [0.5, 0.6) is 0 Å². The molecule has 3 rings (SSSR count). The monoisotopic (exact) mass is 314 g/mol. The van der Waals surface area contributed by atoms with Gasteiger partial charge in [-0.2, -0.15) is 5.10 Å². The van der Waals surface area contributed by atoms with Crippen LogP contribution in [0.3, 0.4) is 0 Å². The van der Waals surface area contributed by atoms with Gasteiger partial charge in [-0.25, -0.2) is 0 Å². The molecule has 1 fully saturated rings. The Morgan fingerprint density at radius 1 is 1.22 bits per heavy atom. The third kappa shape index (κ3) is 3.24. The molecule has 2 aromatic rings. The number of fused-ring (bicyclic) bond motifs is 1. The Morgan fingerprint density at radius 3 is 2.61 bits per heavy atom. The molecule has 1 saturated carbocycles. The SMILES string of the molecule is CN(C)C1(CNC(=O)c2n[nH]c3ccccc23)CCCCCC1. The van der Waals surface area contributed by atoms with Crippen LogP contribution in [-0.2, 0) is 0 Å². The number of likely N-dealkylation sites (N-methyl/N-ethyl adjacent to an activating group) is 1. The third-order valence-corrected chi connectivity index (χ3v) is 5.25. The summed E-state index contributed by atoms with van der Waals surface area (Å²) >= 11 is 0. The molecule has 0 unspecified atom stereocenters. The van der Waals surface area contributed by atoms with Gasteiger partial charge in [-0.3, -0.25) is 9.89 Å². The first-order valence-corrected chi connectivity index (χ1v) is 8.51. The van der Waals surface area contributed by atoms with Gasteiger partial charge in [0.05, 0.1) is 5.52 Å². The highest BCUT2D eigenvalue weighted by atomic mass is 16.1. The van der Waals surface area contributed by atoms with Gasteiger partial charge in [-0.1, -0.05) is 43.9 Å². The highest BCUT2D eigenvalue weighted by molar-refractivity contribution is 6.04. The average molecular weight is 314 g/mol. The fourth-order valence-electron chi connectivity index (χ4n) is 3.63. The third-order valence-electron chi connectivity index (χ3n) is 5.25. The second-order valence-electron chi connectivity index (χ2n) is 6.83. The summed E-state index contributed by atoms with van der Waals surface area (Å²) in [5, 5.41) is 11.1. The van der Waals surface area contributed by atoms with Gasteiger partial charge >= 0.3 is 0 Å². The van der Waals surface area contributed by atoms with Crippen LogP contribution in [0.25, 0.3) is 10.9 Å². The maximum absolute atomic E-state index is 12.6. The van der Waals surface area contributed by atoms with Crippen LogP contribution < -0.4 is 5.32 Å². The number of nitrogens with zero attached hydrogens (tertiary/aromatic N) is 2. The quantitative estimate of drug-likeness (QED) is 0.853. The normalized spacial score (nSPS) is 18.0. The van der Waals surface area contributed by atoms with Gasteiger partial charge in [0.25, 0.3) is 5.91 Å². The van der Waals surface area contributed by atoms with Crippen molar-refractivity contribution in [1.29, 1.82) is 0 Å².